The zero-order valence-electron chi connectivity index (χ0n) is 10.9. The third-order valence-corrected chi connectivity index (χ3v) is 4.39. The number of primary sulfonamides is 1. The first-order chi connectivity index (χ1) is 9.87. The number of nitrogens with two attached hydrogens (primary N) is 1. The largest absolute Gasteiger partial charge is 0.350 e. The van der Waals surface area contributed by atoms with Crippen LogP contribution in [0.2, 0.25) is 0 Å². The molecule has 0 unspecified atom stereocenters. The lowest BCUT2D eigenvalue weighted by Gasteiger charge is -2.06. The Morgan fingerprint density at radius 3 is 2.52 bits per heavy atom. The highest BCUT2D eigenvalue weighted by Crippen LogP contribution is 2.28. The minimum atomic E-state index is -3.61. The van der Waals surface area contributed by atoms with Gasteiger partial charge in [0.1, 0.15) is 5.82 Å². The molecule has 2 aromatic rings. The van der Waals surface area contributed by atoms with Crippen LogP contribution in [-0.2, 0) is 10.0 Å². The van der Waals surface area contributed by atoms with Crippen molar-refractivity contribution in [3.8, 4) is 11.1 Å². The topological polar surface area (TPSA) is 89.3 Å². The first kappa shape index (κ1) is 15.6. The first-order valence-corrected chi connectivity index (χ1v) is 8.58. The second-order valence-corrected chi connectivity index (χ2v) is 6.94. The Hall–Kier alpha value is -1.77. The molecule has 1 heterocycles. The second-order valence-electron chi connectivity index (χ2n) is 4.29. The van der Waals surface area contributed by atoms with Gasteiger partial charge in [-0.15, -0.1) is 11.3 Å². The Morgan fingerprint density at radius 2 is 1.90 bits per heavy atom. The number of nitrogens with one attached hydrogen (secondary N) is 1. The number of halogens is 1. The summed E-state index contributed by atoms with van der Waals surface area (Å²) in [5.41, 5.74) is 1.39. The van der Waals surface area contributed by atoms with Gasteiger partial charge >= 0.3 is 0 Å². The predicted molar refractivity (Wildman–Crippen MR) is 80.0 cm³/mol. The monoisotopic (exact) mass is 328 g/mol. The average molecular weight is 328 g/mol. The van der Waals surface area contributed by atoms with E-state index >= 15 is 0 Å². The van der Waals surface area contributed by atoms with E-state index in [0.717, 1.165) is 0 Å². The summed E-state index contributed by atoms with van der Waals surface area (Å²) in [6.07, 6.45) is 0. The van der Waals surface area contributed by atoms with Gasteiger partial charge in [-0.25, -0.2) is 17.9 Å². The zero-order valence-corrected chi connectivity index (χ0v) is 12.5. The highest BCUT2D eigenvalue weighted by molar-refractivity contribution is 7.89. The van der Waals surface area contributed by atoms with Crippen molar-refractivity contribution in [3.63, 3.8) is 0 Å². The van der Waals surface area contributed by atoms with E-state index in [-0.39, 0.29) is 24.0 Å². The molecule has 2 rings (SSSR count). The van der Waals surface area contributed by atoms with Crippen molar-refractivity contribution in [2.75, 3.05) is 12.3 Å². The Morgan fingerprint density at radius 1 is 1.24 bits per heavy atom. The minimum absolute atomic E-state index is 0.0571. The molecule has 0 saturated carbocycles. The zero-order chi connectivity index (χ0) is 15.5. The van der Waals surface area contributed by atoms with Crippen LogP contribution in [0.1, 0.15) is 9.67 Å². The molecule has 5 nitrogen and oxygen atoms in total. The molecular weight excluding hydrogens is 315 g/mol. The Kier molecular flexibility index (Phi) is 4.71. The minimum Gasteiger partial charge on any atom is -0.350 e. The molecule has 0 saturated heterocycles. The van der Waals surface area contributed by atoms with E-state index in [2.05, 4.69) is 5.32 Å². The summed E-state index contributed by atoms with van der Waals surface area (Å²) in [6, 6.07) is 7.55. The van der Waals surface area contributed by atoms with Gasteiger partial charge in [-0.1, -0.05) is 12.1 Å². The van der Waals surface area contributed by atoms with Crippen molar-refractivity contribution < 1.29 is 17.6 Å². The second kappa shape index (κ2) is 6.33. The molecule has 0 atom stereocenters. The normalized spacial score (nSPS) is 11.3. The van der Waals surface area contributed by atoms with Crippen LogP contribution in [0.15, 0.2) is 35.7 Å². The van der Waals surface area contributed by atoms with Gasteiger partial charge in [-0.05, 0) is 29.1 Å². The van der Waals surface area contributed by atoms with E-state index in [9.17, 15) is 17.6 Å². The number of amides is 1. The van der Waals surface area contributed by atoms with Crippen LogP contribution in [-0.4, -0.2) is 26.6 Å². The van der Waals surface area contributed by atoms with E-state index in [1.165, 1.54) is 23.5 Å². The van der Waals surface area contributed by atoms with E-state index in [0.29, 0.717) is 16.0 Å². The fourth-order valence-corrected chi connectivity index (χ4v) is 2.95. The summed E-state index contributed by atoms with van der Waals surface area (Å²) >= 11 is 1.23. The van der Waals surface area contributed by atoms with Gasteiger partial charge in [-0.3, -0.25) is 4.79 Å². The van der Waals surface area contributed by atoms with Gasteiger partial charge in [0.25, 0.3) is 5.91 Å². The van der Waals surface area contributed by atoms with Crippen LogP contribution in [0.25, 0.3) is 11.1 Å². The van der Waals surface area contributed by atoms with Gasteiger partial charge in [-0.2, -0.15) is 0 Å². The number of hydrogen-bond donors (Lipinski definition) is 2. The maximum Gasteiger partial charge on any atom is 0.262 e. The van der Waals surface area contributed by atoms with E-state index in [1.54, 1.807) is 23.6 Å². The molecule has 0 radical (unpaired) electrons. The third kappa shape index (κ3) is 4.35. The Labute approximate surface area is 125 Å². The number of thiophene rings is 1. The summed E-state index contributed by atoms with van der Waals surface area (Å²) in [5.74, 6) is -1.06. The number of hydrogen-bond acceptors (Lipinski definition) is 4. The molecule has 0 aliphatic carbocycles. The summed E-state index contributed by atoms with van der Waals surface area (Å²) in [7, 11) is -3.61. The molecule has 0 fully saturated rings. The van der Waals surface area contributed by atoms with E-state index < -0.39 is 10.0 Å². The van der Waals surface area contributed by atoms with Crippen LogP contribution < -0.4 is 10.5 Å². The lowest BCUT2D eigenvalue weighted by molar-refractivity contribution is 0.0961. The van der Waals surface area contributed by atoms with Crippen LogP contribution in [0, 0.1) is 5.82 Å². The molecule has 21 heavy (non-hydrogen) atoms. The fraction of sp³-hybridized carbons (Fsp3) is 0.154. The number of benzene rings is 1. The Bertz CT molecular complexity index is 739. The summed E-state index contributed by atoms with van der Waals surface area (Å²) in [5, 5.41) is 9.11. The van der Waals surface area contributed by atoms with E-state index in [1.807, 2.05) is 0 Å². The van der Waals surface area contributed by atoms with Gasteiger partial charge in [0.05, 0.1) is 10.6 Å². The molecular formula is C13H13FN2O3S2. The highest BCUT2D eigenvalue weighted by Gasteiger charge is 2.15. The van der Waals surface area contributed by atoms with Crippen molar-refractivity contribution in [1.29, 1.82) is 0 Å². The lowest BCUT2D eigenvalue weighted by atomic mass is 10.1. The summed E-state index contributed by atoms with van der Waals surface area (Å²) < 4.78 is 34.5. The van der Waals surface area contributed by atoms with Crippen molar-refractivity contribution in [3.05, 3.63) is 46.4 Å². The van der Waals surface area contributed by atoms with Crippen LogP contribution in [0.5, 0.6) is 0 Å². The lowest BCUT2D eigenvalue weighted by Crippen LogP contribution is -2.31. The van der Waals surface area contributed by atoms with Crippen LogP contribution in [0.3, 0.4) is 0 Å². The molecule has 8 heteroatoms. The molecule has 1 amide bonds. The van der Waals surface area contributed by atoms with Crippen molar-refractivity contribution in [2.24, 2.45) is 5.14 Å². The van der Waals surface area contributed by atoms with Crippen molar-refractivity contribution in [1.82, 2.24) is 5.32 Å². The first-order valence-electron chi connectivity index (χ1n) is 5.99. The molecule has 0 spiro atoms. The SMILES string of the molecule is NS(=O)(=O)CCNC(=O)c1sccc1-c1ccc(F)cc1. The van der Waals surface area contributed by atoms with E-state index in [4.69, 9.17) is 5.14 Å². The molecule has 112 valence electrons. The van der Waals surface area contributed by atoms with Gasteiger partial charge < -0.3 is 5.32 Å². The van der Waals surface area contributed by atoms with Crippen LogP contribution in [0.4, 0.5) is 4.39 Å². The third-order valence-electron chi connectivity index (χ3n) is 2.70. The smallest absolute Gasteiger partial charge is 0.262 e. The molecule has 0 aliphatic heterocycles. The molecule has 1 aromatic carbocycles. The molecule has 0 bridgehead atoms. The number of carbonyl (C=O) groups is 1. The average Bonchev–Trinajstić information content (AvgIpc) is 2.87. The van der Waals surface area contributed by atoms with Crippen molar-refractivity contribution >= 4 is 27.3 Å². The molecule has 0 aliphatic rings. The van der Waals surface area contributed by atoms with Gasteiger partial charge in [0.15, 0.2) is 0 Å². The standard InChI is InChI=1S/C13H13FN2O3S2/c14-10-3-1-9(2-4-10)11-5-7-20-12(11)13(17)16-6-8-21(15,18)19/h1-5,7H,6,8H2,(H,16,17)(H2,15,18,19). The summed E-state index contributed by atoms with van der Waals surface area (Å²) in [4.78, 5) is 12.5. The number of rotatable bonds is 5. The summed E-state index contributed by atoms with van der Waals surface area (Å²) in [6.45, 7) is -0.0571. The van der Waals surface area contributed by atoms with Crippen LogP contribution >= 0.6 is 11.3 Å². The Balaban J connectivity index is 2.13. The fourth-order valence-electron chi connectivity index (χ4n) is 1.73. The quantitative estimate of drug-likeness (QED) is 0.873. The molecule has 1 aromatic heterocycles. The number of carbonyl (C=O) groups excluding carboxylic acids is 1. The molecule has 3 N–H and O–H groups in total. The maximum absolute atomic E-state index is 12.9. The highest BCUT2D eigenvalue weighted by atomic mass is 32.2. The van der Waals surface area contributed by atoms with Gasteiger partial charge in [0, 0.05) is 12.1 Å². The number of sulfonamides is 1. The predicted octanol–water partition coefficient (Wildman–Crippen LogP) is 1.57. The van der Waals surface area contributed by atoms with Crippen molar-refractivity contribution in [2.45, 2.75) is 0 Å². The van der Waals surface area contributed by atoms with Gasteiger partial charge in [0.2, 0.25) is 10.0 Å². The maximum atomic E-state index is 12.9.